The van der Waals surface area contributed by atoms with Crippen molar-refractivity contribution in [1.82, 2.24) is 9.29 Å². The van der Waals surface area contributed by atoms with Crippen LogP contribution in [0.4, 0.5) is 0 Å². The van der Waals surface area contributed by atoms with Gasteiger partial charge in [-0.1, -0.05) is 18.0 Å². The van der Waals surface area contributed by atoms with E-state index in [-0.39, 0.29) is 22.7 Å². The topological polar surface area (TPSA) is 70.5 Å². The number of sulfonamides is 1. The number of hydrogen-bond donors (Lipinski definition) is 1. The van der Waals surface area contributed by atoms with Crippen LogP contribution >= 0.6 is 11.6 Å². The molecule has 0 spiro atoms. The maximum atomic E-state index is 12.5. The molecule has 0 aromatic carbocycles. The first-order valence-corrected chi connectivity index (χ1v) is 8.12. The molecule has 1 fully saturated rings. The molecule has 106 valence electrons. The standard InChI is InChI=1S/C12H17ClN2O3S/c13-12-5-4-11(9-14-12)19(17,18)15-7-2-1-3-10(15)6-8-16/h4-5,9-10,16H,1-3,6-8H2. The number of rotatable bonds is 4. The number of aromatic nitrogens is 1. The molecule has 1 saturated heterocycles. The van der Waals surface area contributed by atoms with Crippen molar-refractivity contribution in [3.63, 3.8) is 0 Å². The van der Waals surface area contributed by atoms with E-state index < -0.39 is 10.0 Å². The van der Waals surface area contributed by atoms with Gasteiger partial charge in [-0.05, 0) is 31.4 Å². The van der Waals surface area contributed by atoms with Gasteiger partial charge < -0.3 is 5.11 Å². The fourth-order valence-electron chi connectivity index (χ4n) is 2.38. The second-order valence-corrected chi connectivity index (χ2v) is 6.87. The van der Waals surface area contributed by atoms with E-state index in [1.165, 1.54) is 22.6 Å². The molecule has 0 aliphatic carbocycles. The Labute approximate surface area is 118 Å². The highest BCUT2D eigenvalue weighted by molar-refractivity contribution is 7.89. The third-order valence-corrected chi connectivity index (χ3v) is 5.50. The average molecular weight is 305 g/mol. The largest absolute Gasteiger partial charge is 0.396 e. The van der Waals surface area contributed by atoms with Gasteiger partial charge >= 0.3 is 0 Å². The predicted molar refractivity (Wildman–Crippen MR) is 72.5 cm³/mol. The molecular formula is C12H17ClN2O3S. The summed E-state index contributed by atoms with van der Waals surface area (Å²) < 4.78 is 26.6. The van der Waals surface area contributed by atoms with Gasteiger partial charge in [0.15, 0.2) is 0 Å². The SMILES string of the molecule is O=S(=O)(c1ccc(Cl)nc1)N1CCCCC1CCO. The number of hydrogen-bond acceptors (Lipinski definition) is 4. The summed E-state index contributed by atoms with van der Waals surface area (Å²) >= 11 is 5.67. The van der Waals surface area contributed by atoms with Crippen molar-refractivity contribution in [1.29, 1.82) is 0 Å². The molecule has 1 aromatic heterocycles. The van der Waals surface area contributed by atoms with E-state index in [9.17, 15) is 8.42 Å². The first-order valence-electron chi connectivity index (χ1n) is 6.30. The molecule has 1 aliphatic rings. The third kappa shape index (κ3) is 3.25. The first kappa shape index (κ1) is 14.7. The van der Waals surface area contributed by atoms with Gasteiger partial charge in [0.05, 0.1) is 0 Å². The third-order valence-electron chi connectivity index (χ3n) is 3.34. The van der Waals surface area contributed by atoms with E-state index in [0.717, 1.165) is 19.3 Å². The molecule has 1 aromatic rings. The molecule has 0 amide bonds. The van der Waals surface area contributed by atoms with Crippen LogP contribution in [0.15, 0.2) is 23.2 Å². The van der Waals surface area contributed by atoms with Gasteiger partial charge in [0.2, 0.25) is 10.0 Å². The van der Waals surface area contributed by atoms with Crippen LogP contribution in [0.5, 0.6) is 0 Å². The van der Waals surface area contributed by atoms with E-state index in [0.29, 0.717) is 13.0 Å². The van der Waals surface area contributed by atoms with Gasteiger partial charge in [-0.3, -0.25) is 0 Å². The van der Waals surface area contributed by atoms with Gasteiger partial charge in [-0.25, -0.2) is 13.4 Å². The summed E-state index contributed by atoms with van der Waals surface area (Å²) in [6.07, 6.45) is 4.39. The van der Waals surface area contributed by atoms with Crippen LogP contribution < -0.4 is 0 Å². The van der Waals surface area contributed by atoms with Crippen molar-refractivity contribution >= 4 is 21.6 Å². The molecular weight excluding hydrogens is 288 g/mol. The monoisotopic (exact) mass is 304 g/mol. The van der Waals surface area contributed by atoms with E-state index >= 15 is 0 Å². The molecule has 1 atom stereocenters. The lowest BCUT2D eigenvalue weighted by molar-refractivity contribution is 0.192. The summed E-state index contributed by atoms with van der Waals surface area (Å²) in [5, 5.41) is 9.33. The number of piperidine rings is 1. The summed E-state index contributed by atoms with van der Waals surface area (Å²) in [7, 11) is -3.55. The van der Waals surface area contributed by atoms with Gasteiger partial charge in [-0.2, -0.15) is 4.31 Å². The van der Waals surface area contributed by atoms with Crippen molar-refractivity contribution in [2.45, 2.75) is 36.6 Å². The Morgan fingerprint density at radius 3 is 2.84 bits per heavy atom. The predicted octanol–water partition coefficient (Wildman–Crippen LogP) is 1.66. The van der Waals surface area contributed by atoms with E-state index in [1.54, 1.807) is 0 Å². The van der Waals surface area contributed by atoms with Crippen LogP contribution in [0.25, 0.3) is 0 Å². The molecule has 2 heterocycles. The van der Waals surface area contributed by atoms with Crippen LogP contribution in [0.3, 0.4) is 0 Å². The van der Waals surface area contributed by atoms with Crippen LogP contribution in [0.1, 0.15) is 25.7 Å². The van der Waals surface area contributed by atoms with E-state index in [2.05, 4.69) is 4.98 Å². The minimum Gasteiger partial charge on any atom is -0.396 e. The molecule has 0 bridgehead atoms. The fourth-order valence-corrected chi connectivity index (χ4v) is 4.16. The average Bonchev–Trinajstić information content (AvgIpc) is 2.40. The van der Waals surface area contributed by atoms with Crippen molar-refractivity contribution in [3.8, 4) is 0 Å². The zero-order valence-corrected chi connectivity index (χ0v) is 12.1. The molecule has 0 saturated carbocycles. The lowest BCUT2D eigenvalue weighted by atomic mass is 10.0. The van der Waals surface area contributed by atoms with Crippen LogP contribution in [0, 0.1) is 0 Å². The number of aliphatic hydroxyl groups excluding tert-OH is 1. The molecule has 0 radical (unpaired) electrons. The molecule has 7 heteroatoms. The minimum atomic E-state index is -3.55. The Hall–Kier alpha value is -0.690. The lowest BCUT2D eigenvalue weighted by Gasteiger charge is -2.34. The summed E-state index contributed by atoms with van der Waals surface area (Å²) in [5.74, 6) is 0. The Kier molecular flexibility index (Phi) is 4.78. The molecule has 1 N–H and O–H groups in total. The zero-order valence-electron chi connectivity index (χ0n) is 10.5. The van der Waals surface area contributed by atoms with Crippen molar-refractivity contribution in [2.75, 3.05) is 13.2 Å². The number of aliphatic hydroxyl groups is 1. The van der Waals surface area contributed by atoms with Crippen LogP contribution in [-0.2, 0) is 10.0 Å². The maximum absolute atomic E-state index is 12.5. The Morgan fingerprint density at radius 2 is 2.21 bits per heavy atom. The molecule has 1 unspecified atom stereocenters. The zero-order chi connectivity index (χ0) is 13.9. The highest BCUT2D eigenvalue weighted by atomic mass is 35.5. The summed E-state index contributed by atoms with van der Waals surface area (Å²) in [6, 6.07) is 2.81. The molecule has 19 heavy (non-hydrogen) atoms. The van der Waals surface area contributed by atoms with Gasteiger partial charge in [0.25, 0.3) is 0 Å². The maximum Gasteiger partial charge on any atom is 0.244 e. The summed E-state index contributed by atoms with van der Waals surface area (Å²) in [4.78, 5) is 3.98. The van der Waals surface area contributed by atoms with Crippen molar-refractivity contribution in [3.05, 3.63) is 23.5 Å². The van der Waals surface area contributed by atoms with Crippen molar-refractivity contribution < 1.29 is 13.5 Å². The van der Waals surface area contributed by atoms with Crippen LogP contribution in [0.2, 0.25) is 5.15 Å². The fraction of sp³-hybridized carbons (Fsp3) is 0.583. The van der Waals surface area contributed by atoms with Crippen LogP contribution in [-0.4, -0.2) is 42.0 Å². The second-order valence-electron chi connectivity index (χ2n) is 4.59. The summed E-state index contributed by atoms with van der Waals surface area (Å²) in [5.41, 5.74) is 0. The van der Waals surface area contributed by atoms with Gasteiger partial charge in [0.1, 0.15) is 10.0 Å². The molecule has 1 aliphatic heterocycles. The Morgan fingerprint density at radius 1 is 1.42 bits per heavy atom. The smallest absolute Gasteiger partial charge is 0.244 e. The minimum absolute atomic E-state index is 0.00441. The quantitative estimate of drug-likeness (QED) is 0.859. The first-order chi connectivity index (χ1) is 9.05. The number of pyridine rings is 1. The second kappa shape index (κ2) is 6.17. The highest BCUT2D eigenvalue weighted by Gasteiger charge is 2.33. The van der Waals surface area contributed by atoms with Crippen molar-refractivity contribution in [2.24, 2.45) is 0 Å². The Bertz CT molecular complexity index is 516. The summed E-state index contributed by atoms with van der Waals surface area (Å²) in [6.45, 7) is 0.491. The molecule has 2 rings (SSSR count). The van der Waals surface area contributed by atoms with E-state index in [1.807, 2.05) is 0 Å². The number of nitrogens with zero attached hydrogens (tertiary/aromatic N) is 2. The van der Waals surface area contributed by atoms with Gasteiger partial charge in [0, 0.05) is 25.4 Å². The molecule has 5 nitrogen and oxygen atoms in total. The number of halogens is 1. The lowest BCUT2D eigenvalue weighted by Crippen LogP contribution is -2.44. The van der Waals surface area contributed by atoms with Gasteiger partial charge in [-0.15, -0.1) is 0 Å². The Balaban J connectivity index is 2.28. The highest BCUT2D eigenvalue weighted by Crippen LogP contribution is 2.26. The normalized spacial score (nSPS) is 21.5. The van der Waals surface area contributed by atoms with E-state index in [4.69, 9.17) is 16.7 Å².